The summed E-state index contributed by atoms with van der Waals surface area (Å²) in [5.74, 6) is -0.879. The molecule has 4 N–H and O–H groups in total. The normalized spacial score (nSPS) is 9.93. The molecule has 1 aromatic heterocycles. The second kappa shape index (κ2) is 4.45. The monoisotopic (exact) mass is 212 g/mol. The fourth-order valence-corrected chi connectivity index (χ4v) is 1.05. The Bertz CT molecular complexity index is 385. The van der Waals surface area contributed by atoms with Crippen LogP contribution in [0, 0.1) is 0 Å². The van der Waals surface area contributed by atoms with Gasteiger partial charge in [-0.25, -0.2) is 9.78 Å². The van der Waals surface area contributed by atoms with Gasteiger partial charge in [0.25, 0.3) is 0 Å². The number of ether oxygens (including phenoxy) is 1. The first-order chi connectivity index (χ1) is 7.06. The number of imidazole rings is 1. The van der Waals surface area contributed by atoms with Crippen molar-refractivity contribution in [2.45, 2.75) is 13.0 Å². The quantitative estimate of drug-likeness (QED) is 0.629. The summed E-state index contributed by atoms with van der Waals surface area (Å²) in [6, 6.07) is 0. The first-order valence-corrected chi connectivity index (χ1v) is 4.23. The maximum atomic E-state index is 11.1. The van der Waals surface area contributed by atoms with Crippen LogP contribution >= 0.6 is 0 Å². The molecule has 1 amide bonds. The third-order valence-corrected chi connectivity index (χ3v) is 1.86. The van der Waals surface area contributed by atoms with E-state index in [-0.39, 0.29) is 17.9 Å². The number of amides is 1. The molecule has 0 saturated heterocycles. The van der Waals surface area contributed by atoms with Crippen LogP contribution in [0.25, 0.3) is 0 Å². The summed E-state index contributed by atoms with van der Waals surface area (Å²) < 4.78 is 5.94. The lowest BCUT2D eigenvalue weighted by Crippen LogP contribution is -2.15. The lowest BCUT2D eigenvalue weighted by Gasteiger charge is -2.02. The molecule has 0 atom stereocenters. The number of rotatable bonds is 4. The number of aromatic nitrogens is 2. The van der Waals surface area contributed by atoms with Crippen LogP contribution in [0.15, 0.2) is 6.33 Å². The number of hydrogen-bond donors (Lipinski definition) is 2. The molecule has 0 aliphatic rings. The number of aryl methyl sites for hydroxylation is 1. The fourth-order valence-electron chi connectivity index (χ4n) is 1.05. The Morgan fingerprint density at radius 2 is 2.27 bits per heavy atom. The number of esters is 1. The zero-order chi connectivity index (χ0) is 11.4. The highest BCUT2D eigenvalue weighted by Gasteiger charge is 2.15. The molecule has 0 fully saturated rings. The third-order valence-electron chi connectivity index (χ3n) is 1.86. The smallest absolute Gasteiger partial charge is 0.360 e. The van der Waals surface area contributed by atoms with Crippen LogP contribution in [-0.4, -0.2) is 28.5 Å². The van der Waals surface area contributed by atoms with Crippen LogP contribution in [0.5, 0.6) is 0 Å². The summed E-state index contributed by atoms with van der Waals surface area (Å²) in [6.07, 6.45) is 1.51. The minimum absolute atomic E-state index is 0.0435. The maximum absolute atomic E-state index is 11.1. The van der Waals surface area contributed by atoms with Crippen molar-refractivity contribution in [1.82, 2.24) is 9.55 Å². The Morgan fingerprint density at radius 1 is 1.60 bits per heavy atom. The van der Waals surface area contributed by atoms with Crippen LogP contribution in [0.3, 0.4) is 0 Å². The predicted molar refractivity (Wildman–Crippen MR) is 51.8 cm³/mol. The Labute approximate surface area is 86.0 Å². The van der Waals surface area contributed by atoms with Crippen LogP contribution in [0.1, 0.15) is 16.9 Å². The molecule has 82 valence electrons. The van der Waals surface area contributed by atoms with Crippen molar-refractivity contribution in [1.29, 1.82) is 0 Å². The zero-order valence-corrected chi connectivity index (χ0v) is 8.27. The standard InChI is InChI=1S/C8H12N4O3/c1-15-8(14)6-7(10)12(4-11-6)3-2-5(9)13/h4H,2-3,10H2,1H3,(H2,9,13). The van der Waals surface area contributed by atoms with E-state index in [9.17, 15) is 9.59 Å². The topological polar surface area (TPSA) is 113 Å². The molecule has 0 aromatic carbocycles. The SMILES string of the molecule is COC(=O)c1ncn(CCC(N)=O)c1N. The van der Waals surface area contributed by atoms with Gasteiger partial charge in [0, 0.05) is 13.0 Å². The molecule has 0 aliphatic heterocycles. The molecule has 0 unspecified atom stereocenters. The average Bonchev–Trinajstić information content (AvgIpc) is 2.56. The molecule has 7 heteroatoms. The van der Waals surface area contributed by atoms with Crippen LogP contribution in [0.4, 0.5) is 5.82 Å². The molecule has 15 heavy (non-hydrogen) atoms. The summed E-state index contributed by atoms with van der Waals surface area (Å²) in [7, 11) is 1.24. The first-order valence-electron chi connectivity index (χ1n) is 4.23. The van der Waals surface area contributed by atoms with E-state index in [1.807, 2.05) is 0 Å². The van der Waals surface area contributed by atoms with Gasteiger partial charge in [0.05, 0.1) is 13.4 Å². The number of carbonyl (C=O) groups excluding carboxylic acids is 2. The summed E-state index contributed by atoms with van der Waals surface area (Å²) in [4.78, 5) is 25.4. The Kier molecular flexibility index (Phi) is 3.27. The van der Waals surface area contributed by atoms with Gasteiger partial charge in [0.15, 0.2) is 5.69 Å². The molecule has 1 heterocycles. The highest BCUT2D eigenvalue weighted by Crippen LogP contribution is 2.11. The van der Waals surface area contributed by atoms with Crippen molar-refractivity contribution in [3.63, 3.8) is 0 Å². The van der Waals surface area contributed by atoms with Crippen LogP contribution < -0.4 is 11.5 Å². The molecule has 0 spiro atoms. The number of methoxy groups -OCH3 is 1. The second-order valence-corrected chi connectivity index (χ2v) is 2.88. The molecular weight excluding hydrogens is 200 g/mol. The van der Waals surface area contributed by atoms with E-state index in [0.29, 0.717) is 6.54 Å². The molecule has 1 rings (SSSR count). The first kappa shape index (κ1) is 11.0. The van der Waals surface area contributed by atoms with Gasteiger partial charge in [-0.3, -0.25) is 4.79 Å². The van der Waals surface area contributed by atoms with Gasteiger partial charge in [-0.2, -0.15) is 0 Å². The van der Waals surface area contributed by atoms with Gasteiger partial charge in [-0.1, -0.05) is 0 Å². The highest BCUT2D eigenvalue weighted by molar-refractivity contribution is 5.92. The van der Waals surface area contributed by atoms with E-state index < -0.39 is 11.9 Å². The van der Waals surface area contributed by atoms with Gasteiger partial charge < -0.3 is 20.8 Å². The van der Waals surface area contributed by atoms with E-state index in [1.165, 1.54) is 18.0 Å². The number of nitrogens with two attached hydrogens (primary N) is 2. The third kappa shape index (κ3) is 2.46. The Morgan fingerprint density at radius 3 is 2.80 bits per heavy atom. The summed E-state index contributed by atoms with van der Waals surface area (Å²) >= 11 is 0. The van der Waals surface area contributed by atoms with Gasteiger partial charge in [-0.15, -0.1) is 0 Å². The molecule has 1 aromatic rings. The van der Waals surface area contributed by atoms with Crippen molar-refractivity contribution in [3.05, 3.63) is 12.0 Å². The number of hydrogen-bond acceptors (Lipinski definition) is 5. The molecule has 0 bridgehead atoms. The largest absolute Gasteiger partial charge is 0.464 e. The van der Waals surface area contributed by atoms with Crippen molar-refractivity contribution < 1.29 is 14.3 Å². The summed E-state index contributed by atoms with van der Waals surface area (Å²) in [5.41, 5.74) is 10.6. The van der Waals surface area contributed by atoms with E-state index in [4.69, 9.17) is 11.5 Å². The summed E-state index contributed by atoms with van der Waals surface area (Å²) in [6.45, 7) is 0.297. The van der Waals surface area contributed by atoms with Crippen molar-refractivity contribution >= 4 is 17.7 Å². The maximum Gasteiger partial charge on any atom is 0.360 e. The zero-order valence-electron chi connectivity index (χ0n) is 8.27. The van der Waals surface area contributed by atoms with Gasteiger partial charge in [0.2, 0.25) is 5.91 Å². The van der Waals surface area contributed by atoms with Crippen molar-refractivity contribution in [3.8, 4) is 0 Å². The van der Waals surface area contributed by atoms with E-state index in [2.05, 4.69) is 9.72 Å². The number of nitrogens with zero attached hydrogens (tertiary/aromatic N) is 2. The van der Waals surface area contributed by atoms with Gasteiger partial charge in [-0.05, 0) is 0 Å². The van der Waals surface area contributed by atoms with E-state index >= 15 is 0 Å². The number of primary amides is 1. The Balaban J connectivity index is 2.80. The molecule has 0 radical (unpaired) electrons. The van der Waals surface area contributed by atoms with Crippen LogP contribution in [-0.2, 0) is 16.1 Å². The van der Waals surface area contributed by atoms with Gasteiger partial charge in [0.1, 0.15) is 5.82 Å². The van der Waals surface area contributed by atoms with E-state index in [0.717, 1.165) is 0 Å². The lowest BCUT2D eigenvalue weighted by atomic mass is 10.4. The molecule has 7 nitrogen and oxygen atoms in total. The van der Waals surface area contributed by atoms with Crippen molar-refractivity contribution in [2.24, 2.45) is 5.73 Å². The minimum atomic E-state index is -0.606. The van der Waals surface area contributed by atoms with Gasteiger partial charge >= 0.3 is 5.97 Å². The molecule has 0 saturated carbocycles. The average molecular weight is 212 g/mol. The Hall–Kier alpha value is -2.05. The number of carbonyl (C=O) groups is 2. The number of nitrogen functional groups attached to an aromatic ring is 1. The fraction of sp³-hybridized carbons (Fsp3) is 0.375. The van der Waals surface area contributed by atoms with E-state index in [1.54, 1.807) is 0 Å². The lowest BCUT2D eigenvalue weighted by molar-refractivity contribution is -0.118. The van der Waals surface area contributed by atoms with Crippen LogP contribution in [0.2, 0.25) is 0 Å². The highest BCUT2D eigenvalue weighted by atomic mass is 16.5. The second-order valence-electron chi connectivity index (χ2n) is 2.88. The minimum Gasteiger partial charge on any atom is -0.464 e. The molecule has 0 aliphatic carbocycles. The summed E-state index contributed by atoms with van der Waals surface area (Å²) in [5, 5.41) is 0. The number of anilines is 1. The predicted octanol–water partition coefficient (Wildman–Crippen LogP) is -0.873. The van der Waals surface area contributed by atoms with Crippen molar-refractivity contribution in [2.75, 3.05) is 12.8 Å². The molecular formula is C8H12N4O3.